The van der Waals surface area contributed by atoms with Gasteiger partial charge in [0.25, 0.3) is 0 Å². The molecular weight excluding hydrogens is 284 g/mol. The molecule has 0 saturated carbocycles. The van der Waals surface area contributed by atoms with E-state index >= 15 is 0 Å². The van der Waals surface area contributed by atoms with Crippen LogP contribution in [0.1, 0.15) is 0 Å². The molecule has 3 aromatic rings. The summed E-state index contributed by atoms with van der Waals surface area (Å²) in [6.45, 7) is 0. The first-order valence-electron chi connectivity index (χ1n) is 7.57. The molecule has 0 aliphatic carbocycles. The largest absolute Gasteiger partial charge is 0.508 e. The Bertz CT molecular complexity index is 750. The Morgan fingerprint density at radius 2 is 1.00 bits per heavy atom. The summed E-state index contributed by atoms with van der Waals surface area (Å²) in [6.07, 6.45) is 0. The predicted molar refractivity (Wildman–Crippen MR) is 97.1 cm³/mol. The van der Waals surface area contributed by atoms with Crippen LogP contribution in [-0.2, 0) is 0 Å². The second-order valence-corrected chi connectivity index (χ2v) is 5.60. The molecule has 3 rings (SSSR count). The van der Waals surface area contributed by atoms with Crippen LogP contribution in [0, 0.1) is 0 Å². The molecule has 0 spiro atoms. The Labute approximate surface area is 137 Å². The molecule has 0 fully saturated rings. The molecule has 0 bridgehead atoms. The van der Waals surface area contributed by atoms with Gasteiger partial charge in [-0.1, -0.05) is 18.2 Å². The molecular formula is C20H20N2O. The van der Waals surface area contributed by atoms with Gasteiger partial charge in [-0.3, -0.25) is 0 Å². The molecule has 0 aliphatic heterocycles. The quantitative estimate of drug-likeness (QED) is 0.740. The van der Waals surface area contributed by atoms with Crippen LogP contribution in [0.2, 0.25) is 0 Å². The van der Waals surface area contributed by atoms with Gasteiger partial charge in [-0.15, -0.1) is 0 Å². The third-order valence-corrected chi connectivity index (χ3v) is 3.75. The normalized spacial score (nSPS) is 10.3. The fourth-order valence-electron chi connectivity index (χ4n) is 2.53. The Morgan fingerprint density at radius 1 is 0.565 bits per heavy atom. The van der Waals surface area contributed by atoms with Crippen molar-refractivity contribution in [3.63, 3.8) is 0 Å². The molecule has 0 amide bonds. The van der Waals surface area contributed by atoms with E-state index in [1.807, 2.05) is 44.4 Å². The highest BCUT2D eigenvalue weighted by molar-refractivity contribution is 5.77. The summed E-state index contributed by atoms with van der Waals surface area (Å²) in [5.41, 5.74) is 4.32. The van der Waals surface area contributed by atoms with Crippen molar-refractivity contribution in [2.45, 2.75) is 0 Å². The lowest BCUT2D eigenvalue weighted by Crippen LogP contribution is -2.11. The number of nitrogens with zero attached hydrogens (tertiary/aromatic N) is 2. The van der Waals surface area contributed by atoms with E-state index in [9.17, 15) is 5.11 Å². The van der Waals surface area contributed by atoms with Crippen molar-refractivity contribution in [2.24, 2.45) is 0 Å². The van der Waals surface area contributed by atoms with Crippen molar-refractivity contribution in [1.29, 1.82) is 0 Å². The maximum Gasteiger partial charge on any atom is 0.115 e. The number of phenolic OH excluding ortho intramolecular Hbond substituents is 1. The number of aromatic hydroxyl groups is 1. The van der Waals surface area contributed by atoms with Crippen molar-refractivity contribution in [3.8, 4) is 5.75 Å². The lowest BCUT2D eigenvalue weighted by Gasteiger charge is -2.26. The summed E-state index contributed by atoms with van der Waals surface area (Å²) in [7, 11) is 4.06. The minimum Gasteiger partial charge on any atom is -0.508 e. The second-order valence-electron chi connectivity index (χ2n) is 5.60. The molecule has 0 radical (unpaired) electrons. The first kappa shape index (κ1) is 15.0. The van der Waals surface area contributed by atoms with E-state index in [4.69, 9.17) is 0 Å². The molecule has 116 valence electrons. The predicted octanol–water partition coefficient (Wildman–Crippen LogP) is 4.93. The molecule has 23 heavy (non-hydrogen) atoms. The third-order valence-electron chi connectivity index (χ3n) is 3.75. The lowest BCUT2D eigenvalue weighted by molar-refractivity contribution is 0.475. The van der Waals surface area contributed by atoms with E-state index in [2.05, 4.69) is 46.2 Å². The topological polar surface area (TPSA) is 26.7 Å². The number of benzene rings is 3. The fraction of sp³-hybridized carbons (Fsp3) is 0.100. The van der Waals surface area contributed by atoms with Crippen LogP contribution < -0.4 is 9.80 Å². The van der Waals surface area contributed by atoms with Crippen LogP contribution in [0.25, 0.3) is 0 Å². The summed E-state index contributed by atoms with van der Waals surface area (Å²) >= 11 is 0. The Morgan fingerprint density at radius 3 is 1.52 bits per heavy atom. The average molecular weight is 304 g/mol. The highest BCUT2D eigenvalue weighted by atomic mass is 16.3. The molecule has 0 saturated heterocycles. The number of hydrogen-bond donors (Lipinski definition) is 1. The standard InChI is InChI=1S/C20H20N2O/c1-21(2)16-8-10-18(11-9-16)22(17-6-4-3-5-7-17)19-12-14-20(23)15-13-19/h3-15,23H,1-2H3. The van der Waals surface area contributed by atoms with Gasteiger partial charge in [-0.2, -0.15) is 0 Å². The van der Waals surface area contributed by atoms with Crippen molar-refractivity contribution < 1.29 is 5.11 Å². The van der Waals surface area contributed by atoms with Gasteiger partial charge >= 0.3 is 0 Å². The third kappa shape index (κ3) is 3.29. The smallest absolute Gasteiger partial charge is 0.115 e. The molecule has 0 aliphatic rings. The first-order valence-corrected chi connectivity index (χ1v) is 7.57. The van der Waals surface area contributed by atoms with E-state index in [-0.39, 0.29) is 5.75 Å². The minimum absolute atomic E-state index is 0.268. The van der Waals surface area contributed by atoms with E-state index in [0.717, 1.165) is 22.7 Å². The molecule has 0 heterocycles. The van der Waals surface area contributed by atoms with Crippen molar-refractivity contribution >= 4 is 22.7 Å². The highest BCUT2D eigenvalue weighted by Gasteiger charge is 2.12. The van der Waals surface area contributed by atoms with E-state index in [1.54, 1.807) is 12.1 Å². The average Bonchev–Trinajstić information content (AvgIpc) is 2.58. The summed E-state index contributed by atoms with van der Waals surface area (Å²) in [5.74, 6) is 0.268. The van der Waals surface area contributed by atoms with Crippen LogP contribution in [0.4, 0.5) is 22.7 Å². The summed E-state index contributed by atoms with van der Waals surface area (Å²) in [4.78, 5) is 4.25. The summed E-state index contributed by atoms with van der Waals surface area (Å²) in [5, 5.41) is 9.55. The van der Waals surface area contributed by atoms with E-state index in [1.165, 1.54) is 0 Å². The van der Waals surface area contributed by atoms with Crippen LogP contribution >= 0.6 is 0 Å². The Kier molecular flexibility index (Phi) is 4.20. The maximum absolute atomic E-state index is 9.55. The zero-order valence-corrected chi connectivity index (χ0v) is 13.3. The van der Waals surface area contributed by atoms with Crippen LogP contribution in [-0.4, -0.2) is 19.2 Å². The maximum atomic E-state index is 9.55. The van der Waals surface area contributed by atoms with Gasteiger partial charge in [0, 0.05) is 36.8 Å². The number of anilines is 4. The van der Waals surface area contributed by atoms with Gasteiger partial charge in [0.1, 0.15) is 5.75 Å². The van der Waals surface area contributed by atoms with Crippen LogP contribution in [0.15, 0.2) is 78.9 Å². The highest BCUT2D eigenvalue weighted by Crippen LogP contribution is 2.35. The molecule has 3 aromatic carbocycles. The fourth-order valence-corrected chi connectivity index (χ4v) is 2.53. The van der Waals surface area contributed by atoms with Crippen molar-refractivity contribution in [1.82, 2.24) is 0 Å². The van der Waals surface area contributed by atoms with Gasteiger partial charge in [-0.25, -0.2) is 0 Å². The molecule has 3 heteroatoms. The van der Waals surface area contributed by atoms with E-state index in [0.29, 0.717) is 0 Å². The molecule has 3 nitrogen and oxygen atoms in total. The number of hydrogen-bond acceptors (Lipinski definition) is 3. The van der Waals surface area contributed by atoms with Gasteiger partial charge in [0.15, 0.2) is 0 Å². The van der Waals surface area contributed by atoms with Gasteiger partial charge < -0.3 is 14.9 Å². The van der Waals surface area contributed by atoms with Gasteiger partial charge in [-0.05, 0) is 60.7 Å². The molecule has 0 unspecified atom stereocenters. The summed E-state index contributed by atoms with van der Waals surface area (Å²) < 4.78 is 0. The molecule has 0 atom stereocenters. The number of phenols is 1. The second kappa shape index (κ2) is 6.44. The zero-order chi connectivity index (χ0) is 16.2. The minimum atomic E-state index is 0.268. The van der Waals surface area contributed by atoms with Crippen molar-refractivity contribution in [2.75, 3.05) is 23.9 Å². The summed E-state index contributed by atoms with van der Waals surface area (Å²) in [6, 6.07) is 25.9. The Balaban J connectivity index is 2.06. The van der Waals surface area contributed by atoms with Gasteiger partial charge in [0.2, 0.25) is 0 Å². The Hall–Kier alpha value is -2.94. The molecule has 1 N–H and O–H groups in total. The van der Waals surface area contributed by atoms with Crippen LogP contribution in [0.5, 0.6) is 5.75 Å². The number of para-hydroxylation sites is 1. The monoisotopic (exact) mass is 304 g/mol. The van der Waals surface area contributed by atoms with Crippen LogP contribution in [0.3, 0.4) is 0 Å². The number of rotatable bonds is 4. The van der Waals surface area contributed by atoms with E-state index < -0.39 is 0 Å². The van der Waals surface area contributed by atoms with Crippen molar-refractivity contribution in [3.05, 3.63) is 78.9 Å². The zero-order valence-electron chi connectivity index (χ0n) is 13.3. The lowest BCUT2D eigenvalue weighted by atomic mass is 10.2. The van der Waals surface area contributed by atoms with Gasteiger partial charge in [0.05, 0.1) is 0 Å². The SMILES string of the molecule is CN(C)c1ccc(N(c2ccccc2)c2ccc(O)cc2)cc1. The molecule has 0 aromatic heterocycles. The first-order chi connectivity index (χ1) is 11.1.